The minimum atomic E-state index is 0.0370. The van der Waals surface area contributed by atoms with E-state index in [2.05, 4.69) is 19.9 Å². The van der Waals surface area contributed by atoms with Crippen molar-refractivity contribution in [2.45, 2.75) is 38.9 Å². The Morgan fingerprint density at radius 3 is 3.09 bits per heavy atom. The highest BCUT2D eigenvalue weighted by Gasteiger charge is 2.25. The zero-order chi connectivity index (χ0) is 16.1. The molecule has 7 nitrogen and oxygen atoms in total. The molecule has 1 unspecified atom stereocenters. The fraction of sp³-hybridized carbons (Fsp3) is 0.500. The predicted molar refractivity (Wildman–Crippen MR) is 81.4 cm³/mol. The van der Waals surface area contributed by atoms with Gasteiger partial charge in [-0.2, -0.15) is 0 Å². The molecule has 0 aliphatic carbocycles. The summed E-state index contributed by atoms with van der Waals surface area (Å²) in [5.41, 5.74) is 2.17. The van der Waals surface area contributed by atoms with Crippen LogP contribution in [-0.2, 0) is 22.6 Å². The van der Waals surface area contributed by atoms with Crippen LogP contribution in [0.4, 0.5) is 0 Å². The molecular formula is C16H20N4O3. The summed E-state index contributed by atoms with van der Waals surface area (Å²) in [5.74, 6) is 0.0370. The van der Waals surface area contributed by atoms with Crippen LogP contribution in [0.5, 0.6) is 0 Å². The van der Waals surface area contributed by atoms with Gasteiger partial charge in [0, 0.05) is 19.3 Å². The topological polar surface area (TPSA) is 81.4 Å². The molecule has 0 spiro atoms. The van der Waals surface area contributed by atoms with Gasteiger partial charge in [0.2, 0.25) is 5.91 Å². The average Bonchev–Trinajstić information content (AvgIpc) is 2.99. The predicted octanol–water partition coefficient (Wildman–Crippen LogP) is 1.52. The SMILES string of the molecule is Cc1nonc1CC(=O)N1CCCC(OCc2ccccn2)C1. The molecule has 1 amide bonds. The number of hydrogen-bond donors (Lipinski definition) is 0. The number of likely N-dealkylation sites (tertiary alicyclic amines) is 1. The molecule has 0 N–H and O–H groups in total. The number of aryl methyl sites for hydroxylation is 1. The van der Waals surface area contributed by atoms with Crippen LogP contribution in [0.1, 0.15) is 29.9 Å². The fourth-order valence-corrected chi connectivity index (χ4v) is 2.65. The van der Waals surface area contributed by atoms with E-state index in [9.17, 15) is 4.79 Å². The Balaban J connectivity index is 1.51. The number of carbonyl (C=O) groups is 1. The van der Waals surface area contributed by atoms with Gasteiger partial charge in [-0.15, -0.1) is 0 Å². The maximum atomic E-state index is 12.4. The molecule has 7 heteroatoms. The van der Waals surface area contributed by atoms with Gasteiger partial charge >= 0.3 is 0 Å². The van der Waals surface area contributed by atoms with Crippen LogP contribution in [0.2, 0.25) is 0 Å². The number of pyridine rings is 1. The van der Waals surface area contributed by atoms with Crippen LogP contribution in [0.25, 0.3) is 0 Å². The van der Waals surface area contributed by atoms with E-state index in [1.165, 1.54) is 0 Å². The van der Waals surface area contributed by atoms with Crippen molar-refractivity contribution in [3.8, 4) is 0 Å². The van der Waals surface area contributed by atoms with E-state index in [0.29, 0.717) is 24.5 Å². The van der Waals surface area contributed by atoms with E-state index >= 15 is 0 Å². The van der Waals surface area contributed by atoms with Crippen LogP contribution >= 0.6 is 0 Å². The van der Waals surface area contributed by atoms with Gasteiger partial charge in [-0.25, -0.2) is 4.63 Å². The molecular weight excluding hydrogens is 296 g/mol. The van der Waals surface area contributed by atoms with Crippen molar-refractivity contribution in [3.63, 3.8) is 0 Å². The maximum absolute atomic E-state index is 12.4. The summed E-state index contributed by atoms with van der Waals surface area (Å²) in [4.78, 5) is 18.5. The van der Waals surface area contributed by atoms with E-state index in [-0.39, 0.29) is 18.4 Å². The number of rotatable bonds is 5. The number of carbonyl (C=O) groups excluding carboxylic acids is 1. The van der Waals surface area contributed by atoms with Gasteiger partial charge in [0.15, 0.2) is 0 Å². The largest absolute Gasteiger partial charge is 0.370 e. The van der Waals surface area contributed by atoms with Gasteiger partial charge in [0.25, 0.3) is 0 Å². The summed E-state index contributed by atoms with van der Waals surface area (Å²) in [6.45, 7) is 3.62. The lowest BCUT2D eigenvalue weighted by atomic mass is 10.1. The van der Waals surface area contributed by atoms with Crippen LogP contribution in [0, 0.1) is 6.92 Å². The summed E-state index contributed by atoms with van der Waals surface area (Å²) >= 11 is 0. The monoisotopic (exact) mass is 316 g/mol. The molecule has 2 aromatic heterocycles. The third-order valence-electron chi connectivity index (χ3n) is 3.99. The molecule has 1 fully saturated rings. The second-order valence-electron chi connectivity index (χ2n) is 5.71. The first-order chi connectivity index (χ1) is 11.2. The lowest BCUT2D eigenvalue weighted by Gasteiger charge is -2.32. The molecule has 1 saturated heterocycles. The summed E-state index contributed by atoms with van der Waals surface area (Å²) < 4.78 is 10.5. The maximum Gasteiger partial charge on any atom is 0.228 e. The van der Waals surface area contributed by atoms with Crippen LogP contribution in [-0.4, -0.2) is 45.3 Å². The Morgan fingerprint density at radius 2 is 2.35 bits per heavy atom. The van der Waals surface area contributed by atoms with Crippen LogP contribution < -0.4 is 0 Å². The lowest BCUT2D eigenvalue weighted by molar-refractivity contribution is -0.135. The van der Waals surface area contributed by atoms with Crippen LogP contribution in [0.3, 0.4) is 0 Å². The number of nitrogens with zero attached hydrogens (tertiary/aromatic N) is 4. The van der Waals surface area contributed by atoms with Crippen molar-refractivity contribution >= 4 is 5.91 Å². The fourth-order valence-electron chi connectivity index (χ4n) is 2.65. The first kappa shape index (κ1) is 15.6. The number of amides is 1. The van der Waals surface area contributed by atoms with Gasteiger partial charge in [-0.3, -0.25) is 9.78 Å². The molecule has 23 heavy (non-hydrogen) atoms. The quantitative estimate of drug-likeness (QED) is 0.832. The molecule has 122 valence electrons. The number of ether oxygens (including phenoxy) is 1. The van der Waals surface area contributed by atoms with E-state index in [1.807, 2.05) is 23.1 Å². The smallest absolute Gasteiger partial charge is 0.228 e. The Kier molecular flexibility index (Phi) is 4.97. The van der Waals surface area contributed by atoms with Gasteiger partial charge in [0.1, 0.15) is 11.4 Å². The van der Waals surface area contributed by atoms with Crippen molar-refractivity contribution in [3.05, 3.63) is 41.5 Å². The number of hydrogen-bond acceptors (Lipinski definition) is 6. The van der Waals surface area contributed by atoms with E-state index in [1.54, 1.807) is 13.1 Å². The molecule has 0 aromatic carbocycles. The summed E-state index contributed by atoms with van der Waals surface area (Å²) in [6, 6.07) is 5.76. The molecule has 0 saturated carbocycles. The summed E-state index contributed by atoms with van der Waals surface area (Å²) in [6.07, 6.45) is 3.92. The van der Waals surface area contributed by atoms with Gasteiger partial charge in [0.05, 0.1) is 24.8 Å². The van der Waals surface area contributed by atoms with E-state index in [4.69, 9.17) is 4.74 Å². The normalized spacial score (nSPS) is 18.1. The standard InChI is InChI=1S/C16H20N4O3/c1-12-15(19-23-18-12)9-16(21)20-8-4-6-14(10-20)22-11-13-5-2-3-7-17-13/h2-3,5,7,14H,4,6,8-11H2,1H3. The molecule has 0 radical (unpaired) electrons. The number of piperidine rings is 1. The Labute approximate surface area is 134 Å². The molecule has 3 heterocycles. The first-order valence-electron chi connectivity index (χ1n) is 7.79. The Bertz CT molecular complexity index is 644. The second-order valence-corrected chi connectivity index (χ2v) is 5.71. The van der Waals surface area contributed by atoms with Crippen molar-refractivity contribution in [2.75, 3.05) is 13.1 Å². The molecule has 1 aliphatic heterocycles. The van der Waals surface area contributed by atoms with Gasteiger partial charge in [-0.1, -0.05) is 16.4 Å². The Morgan fingerprint density at radius 1 is 1.43 bits per heavy atom. The van der Waals surface area contributed by atoms with Gasteiger partial charge in [-0.05, 0) is 31.9 Å². The summed E-state index contributed by atoms with van der Waals surface area (Å²) in [7, 11) is 0. The zero-order valence-corrected chi connectivity index (χ0v) is 13.1. The van der Waals surface area contributed by atoms with Gasteiger partial charge < -0.3 is 9.64 Å². The van der Waals surface area contributed by atoms with Crippen LogP contribution in [0.15, 0.2) is 29.0 Å². The van der Waals surface area contributed by atoms with E-state index < -0.39 is 0 Å². The minimum Gasteiger partial charge on any atom is -0.370 e. The molecule has 0 bridgehead atoms. The third-order valence-corrected chi connectivity index (χ3v) is 3.99. The van der Waals surface area contributed by atoms with Crippen molar-refractivity contribution < 1.29 is 14.2 Å². The molecule has 1 atom stereocenters. The highest BCUT2D eigenvalue weighted by atomic mass is 16.6. The van der Waals surface area contributed by atoms with E-state index in [0.717, 1.165) is 25.1 Å². The third kappa shape index (κ3) is 4.13. The highest BCUT2D eigenvalue weighted by molar-refractivity contribution is 5.78. The van der Waals surface area contributed by atoms with Crippen molar-refractivity contribution in [1.82, 2.24) is 20.2 Å². The highest BCUT2D eigenvalue weighted by Crippen LogP contribution is 2.16. The lowest BCUT2D eigenvalue weighted by Crippen LogP contribution is -2.44. The zero-order valence-electron chi connectivity index (χ0n) is 13.1. The average molecular weight is 316 g/mol. The van der Waals surface area contributed by atoms with Crippen molar-refractivity contribution in [2.24, 2.45) is 0 Å². The molecule has 3 rings (SSSR count). The minimum absolute atomic E-state index is 0.0370. The van der Waals surface area contributed by atoms with Crippen molar-refractivity contribution in [1.29, 1.82) is 0 Å². The molecule has 2 aromatic rings. The summed E-state index contributed by atoms with van der Waals surface area (Å²) in [5, 5.41) is 7.48. The second kappa shape index (κ2) is 7.32. The molecule has 1 aliphatic rings. The first-order valence-corrected chi connectivity index (χ1v) is 7.79. The Hall–Kier alpha value is -2.28. The number of aromatic nitrogens is 3.